The lowest BCUT2D eigenvalue weighted by Crippen LogP contribution is -2.39. The van der Waals surface area contributed by atoms with E-state index in [1.165, 1.54) is 6.20 Å². The topological polar surface area (TPSA) is 82.5 Å². The van der Waals surface area contributed by atoms with Crippen molar-refractivity contribution in [3.63, 3.8) is 0 Å². The van der Waals surface area contributed by atoms with Gasteiger partial charge in [0.05, 0.1) is 16.7 Å². The molecule has 0 aliphatic carbocycles. The van der Waals surface area contributed by atoms with E-state index in [1.54, 1.807) is 19.2 Å². The van der Waals surface area contributed by atoms with Gasteiger partial charge in [0.2, 0.25) is 5.91 Å². The molecule has 0 aromatic carbocycles. The van der Waals surface area contributed by atoms with Crippen LogP contribution in [0.1, 0.15) is 29.4 Å². The van der Waals surface area contributed by atoms with Gasteiger partial charge in [-0.1, -0.05) is 0 Å². The Kier molecular flexibility index (Phi) is 4.04. The monoisotopic (exact) mass is 277 g/mol. The van der Waals surface area contributed by atoms with Crippen LogP contribution < -0.4 is 5.32 Å². The summed E-state index contributed by atoms with van der Waals surface area (Å²) >= 11 is 0. The molecule has 0 spiro atoms. The van der Waals surface area contributed by atoms with Gasteiger partial charge in [0, 0.05) is 26.3 Å². The Morgan fingerprint density at radius 2 is 2.25 bits per heavy atom. The number of carboxylic acid groups (broad SMARTS) is 1. The molecule has 1 aromatic heterocycles. The minimum atomic E-state index is -0.975. The van der Waals surface area contributed by atoms with Gasteiger partial charge in [-0.25, -0.2) is 4.79 Å². The van der Waals surface area contributed by atoms with Crippen molar-refractivity contribution in [2.75, 3.05) is 20.1 Å². The Morgan fingerprint density at radius 1 is 1.50 bits per heavy atom. The standard InChI is InChI=1S/C14H19N3O3/c1-14(13(20)15-2)5-6-17(9-14)8-11-4-3-10(7-16-11)12(18)19/h3-4,7H,5-6,8-9H2,1-2H3,(H,15,20)(H,18,19). The lowest BCUT2D eigenvalue weighted by molar-refractivity contribution is -0.129. The van der Waals surface area contributed by atoms with E-state index >= 15 is 0 Å². The molecule has 0 saturated carbocycles. The first-order chi connectivity index (χ1) is 9.44. The summed E-state index contributed by atoms with van der Waals surface area (Å²) in [6, 6.07) is 3.28. The van der Waals surface area contributed by atoms with Gasteiger partial charge in [-0.2, -0.15) is 0 Å². The molecule has 6 nitrogen and oxygen atoms in total. The van der Waals surface area contributed by atoms with Gasteiger partial charge in [-0.3, -0.25) is 14.7 Å². The number of aromatic nitrogens is 1. The van der Waals surface area contributed by atoms with Gasteiger partial charge < -0.3 is 10.4 Å². The molecule has 1 aliphatic rings. The van der Waals surface area contributed by atoms with Gasteiger partial charge in [0.1, 0.15) is 0 Å². The smallest absolute Gasteiger partial charge is 0.337 e. The second-order valence-corrected chi connectivity index (χ2v) is 5.44. The van der Waals surface area contributed by atoms with Crippen molar-refractivity contribution >= 4 is 11.9 Å². The van der Waals surface area contributed by atoms with E-state index in [-0.39, 0.29) is 16.9 Å². The maximum Gasteiger partial charge on any atom is 0.337 e. The number of aromatic carboxylic acids is 1. The molecule has 2 rings (SSSR count). The quantitative estimate of drug-likeness (QED) is 0.848. The number of carboxylic acids is 1. The largest absolute Gasteiger partial charge is 0.478 e. The summed E-state index contributed by atoms with van der Waals surface area (Å²) in [6.45, 7) is 4.13. The molecule has 0 radical (unpaired) electrons. The zero-order valence-corrected chi connectivity index (χ0v) is 11.7. The number of nitrogens with one attached hydrogen (secondary N) is 1. The predicted molar refractivity (Wildman–Crippen MR) is 73.3 cm³/mol. The van der Waals surface area contributed by atoms with E-state index < -0.39 is 5.97 Å². The fourth-order valence-electron chi connectivity index (χ4n) is 2.55. The maximum absolute atomic E-state index is 11.8. The fourth-order valence-corrected chi connectivity index (χ4v) is 2.55. The van der Waals surface area contributed by atoms with Crippen molar-refractivity contribution in [1.82, 2.24) is 15.2 Å². The van der Waals surface area contributed by atoms with Gasteiger partial charge in [0.15, 0.2) is 0 Å². The van der Waals surface area contributed by atoms with Gasteiger partial charge >= 0.3 is 5.97 Å². The average Bonchev–Trinajstić information content (AvgIpc) is 2.81. The highest BCUT2D eigenvalue weighted by molar-refractivity contribution is 5.87. The minimum absolute atomic E-state index is 0.0641. The molecule has 1 aromatic rings. The normalized spacial score (nSPS) is 22.7. The summed E-state index contributed by atoms with van der Waals surface area (Å²) in [5.41, 5.74) is 0.650. The SMILES string of the molecule is CNC(=O)C1(C)CCN(Cc2ccc(C(=O)O)cn2)C1. The van der Waals surface area contributed by atoms with E-state index in [2.05, 4.69) is 15.2 Å². The molecule has 2 heterocycles. The summed E-state index contributed by atoms with van der Waals surface area (Å²) in [4.78, 5) is 28.9. The number of rotatable bonds is 4. The van der Waals surface area contributed by atoms with E-state index in [4.69, 9.17) is 5.11 Å². The zero-order valence-electron chi connectivity index (χ0n) is 11.7. The van der Waals surface area contributed by atoms with Crippen molar-refractivity contribution in [3.05, 3.63) is 29.6 Å². The Hall–Kier alpha value is -1.95. The third-order valence-electron chi connectivity index (χ3n) is 3.78. The van der Waals surface area contributed by atoms with E-state index in [9.17, 15) is 9.59 Å². The van der Waals surface area contributed by atoms with E-state index in [0.29, 0.717) is 13.1 Å². The molecule has 2 N–H and O–H groups in total. The molecule has 1 aliphatic heterocycles. The van der Waals surface area contributed by atoms with Crippen LogP contribution in [0.3, 0.4) is 0 Å². The first kappa shape index (κ1) is 14.5. The Balaban J connectivity index is 1.98. The maximum atomic E-state index is 11.8. The molecule has 1 fully saturated rings. The number of likely N-dealkylation sites (tertiary alicyclic amines) is 1. The third kappa shape index (κ3) is 2.96. The highest BCUT2D eigenvalue weighted by atomic mass is 16.4. The number of nitrogens with zero attached hydrogens (tertiary/aromatic N) is 2. The third-order valence-corrected chi connectivity index (χ3v) is 3.78. The van der Waals surface area contributed by atoms with Gasteiger partial charge in [-0.05, 0) is 32.0 Å². The molecule has 1 atom stereocenters. The lowest BCUT2D eigenvalue weighted by atomic mass is 9.89. The van der Waals surface area contributed by atoms with Crippen molar-refractivity contribution in [3.8, 4) is 0 Å². The van der Waals surface area contributed by atoms with Crippen LogP contribution in [-0.4, -0.2) is 47.0 Å². The first-order valence-electron chi connectivity index (χ1n) is 6.57. The predicted octanol–water partition coefficient (Wildman–Crippen LogP) is 0.738. The second kappa shape index (κ2) is 5.58. The summed E-state index contributed by atoms with van der Waals surface area (Å²) < 4.78 is 0. The number of carbonyl (C=O) groups excluding carboxylic acids is 1. The Labute approximate surface area is 117 Å². The number of pyridine rings is 1. The molecular weight excluding hydrogens is 258 g/mol. The van der Waals surface area contributed by atoms with Crippen LogP contribution in [0.15, 0.2) is 18.3 Å². The fraction of sp³-hybridized carbons (Fsp3) is 0.500. The number of hydrogen-bond acceptors (Lipinski definition) is 4. The number of carbonyl (C=O) groups is 2. The summed E-state index contributed by atoms with van der Waals surface area (Å²) in [7, 11) is 1.66. The molecule has 1 amide bonds. The molecular formula is C14H19N3O3. The van der Waals surface area contributed by atoms with Crippen molar-refractivity contribution < 1.29 is 14.7 Å². The Morgan fingerprint density at radius 3 is 2.80 bits per heavy atom. The first-order valence-corrected chi connectivity index (χ1v) is 6.57. The number of amides is 1. The Bertz CT molecular complexity index is 515. The van der Waals surface area contributed by atoms with Crippen LogP contribution in [-0.2, 0) is 11.3 Å². The number of hydrogen-bond donors (Lipinski definition) is 2. The molecule has 20 heavy (non-hydrogen) atoms. The summed E-state index contributed by atoms with van der Waals surface area (Å²) in [6.07, 6.45) is 2.19. The lowest BCUT2D eigenvalue weighted by Gasteiger charge is -2.22. The van der Waals surface area contributed by atoms with Crippen molar-refractivity contribution in [2.24, 2.45) is 5.41 Å². The van der Waals surface area contributed by atoms with Crippen LogP contribution >= 0.6 is 0 Å². The summed E-state index contributed by atoms with van der Waals surface area (Å²) in [5, 5.41) is 11.5. The molecule has 1 saturated heterocycles. The van der Waals surface area contributed by atoms with E-state index in [1.807, 2.05) is 6.92 Å². The second-order valence-electron chi connectivity index (χ2n) is 5.44. The average molecular weight is 277 g/mol. The highest BCUT2D eigenvalue weighted by Crippen LogP contribution is 2.30. The van der Waals surface area contributed by atoms with E-state index in [0.717, 1.165) is 18.7 Å². The van der Waals surface area contributed by atoms with Crippen LogP contribution in [0.2, 0.25) is 0 Å². The van der Waals surface area contributed by atoms with Crippen LogP contribution in [0.4, 0.5) is 0 Å². The highest BCUT2D eigenvalue weighted by Gasteiger charge is 2.39. The van der Waals surface area contributed by atoms with Crippen molar-refractivity contribution in [1.29, 1.82) is 0 Å². The zero-order chi connectivity index (χ0) is 14.8. The van der Waals surface area contributed by atoms with Crippen molar-refractivity contribution in [2.45, 2.75) is 19.9 Å². The van der Waals surface area contributed by atoms with Gasteiger partial charge in [-0.15, -0.1) is 0 Å². The molecule has 1 unspecified atom stereocenters. The van der Waals surface area contributed by atoms with Crippen LogP contribution in [0.5, 0.6) is 0 Å². The summed E-state index contributed by atoms with van der Waals surface area (Å²) in [5.74, 6) is -0.911. The molecule has 0 bridgehead atoms. The molecule has 6 heteroatoms. The van der Waals surface area contributed by atoms with Crippen LogP contribution in [0.25, 0.3) is 0 Å². The van der Waals surface area contributed by atoms with Crippen LogP contribution in [0, 0.1) is 5.41 Å². The molecule has 108 valence electrons. The minimum Gasteiger partial charge on any atom is -0.478 e. The van der Waals surface area contributed by atoms with Gasteiger partial charge in [0.25, 0.3) is 0 Å².